The molecule has 0 saturated heterocycles. The van der Waals surface area contributed by atoms with E-state index in [1.165, 1.54) is 0 Å². The van der Waals surface area contributed by atoms with Gasteiger partial charge in [-0.2, -0.15) is 0 Å². The van der Waals surface area contributed by atoms with Crippen LogP contribution in [0.3, 0.4) is 0 Å². The molecule has 0 heterocycles. The summed E-state index contributed by atoms with van der Waals surface area (Å²) in [7, 11) is 1.73. The highest BCUT2D eigenvalue weighted by Crippen LogP contribution is 2.20. The number of amides is 1. The molecule has 1 aromatic rings. The molecule has 1 rings (SSSR count). The van der Waals surface area contributed by atoms with E-state index in [4.69, 9.17) is 23.2 Å². The molecule has 3 nitrogen and oxygen atoms in total. The average molecular weight is 261 g/mol. The van der Waals surface area contributed by atoms with E-state index in [-0.39, 0.29) is 5.91 Å². The summed E-state index contributed by atoms with van der Waals surface area (Å²) >= 11 is 11.8. The quantitative estimate of drug-likeness (QED) is 0.849. The molecule has 0 aromatic heterocycles. The Morgan fingerprint density at radius 2 is 2.12 bits per heavy atom. The Bertz CT molecular complexity index is 369. The molecule has 1 amide bonds. The average Bonchev–Trinajstić information content (AvgIpc) is 2.22. The van der Waals surface area contributed by atoms with Crippen molar-refractivity contribution in [3.8, 4) is 0 Å². The second-order valence-electron chi connectivity index (χ2n) is 3.37. The van der Waals surface area contributed by atoms with Crippen molar-refractivity contribution < 1.29 is 4.79 Å². The zero-order valence-electron chi connectivity index (χ0n) is 9.02. The molecule has 0 atom stereocenters. The van der Waals surface area contributed by atoms with Gasteiger partial charge in [0.25, 0.3) is 0 Å². The van der Waals surface area contributed by atoms with Gasteiger partial charge in [-0.05, 0) is 31.2 Å². The Balaban J connectivity index is 2.40. The van der Waals surface area contributed by atoms with Crippen LogP contribution >= 0.6 is 23.2 Å². The first kappa shape index (κ1) is 13.3. The Hall–Kier alpha value is -0.770. The Morgan fingerprint density at radius 1 is 1.38 bits per heavy atom. The smallest absolute Gasteiger partial charge is 0.233 e. The third kappa shape index (κ3) is 4.39. The normalized spacial score (nSPS) is 10.2. The second kappa shape index (κ2) is 6.74. The van der Waals surface area contributed by atoms with E-state index in [1.807, 2.05) is 6.07 Å². The van der Waals surface area contributed by atoms with Crippen LogP contribution in [0.4, 0.5) is 0 Å². The number of hydrogen-bond donors (Lipinski definition) is 2. The molecule has 0 unspecified atom stereocenters. The van der Waals surface area contributed by atoms with Crippen LogP contribution in [-0.4, -0.2) is 26.0 Å². The van der Waals surface area contributed by atoms with Crippen molar-refractivity contribution in [3.63, 3.8) is 0 Å². The van der Waals surface area contributed by atoms with E-state index in [2.05, 4.69) is 10.6 Å². The fourth-order valence-electron chi connectivity index (χ4n) is 1.28. The summed E-state index contributed by atoms with van der Waals surface area (Å²) in [5.74, 6) is -0.0208. The van der Waals surface area contributed by atoms with Gasteiger partial charge in [0.2, 0.25) is 5.91 Å². The molecular weight excluding hydrogens is 247 g/mol. The third-order valence-electron chi connectivity index (χ3n) is 2.07. The summed E-state index contributed by atoms with van der Waals surface area (Å²) in [6.07, 6.45) is 0.700. The van der Waals surface area contributed by atoms with Crippen molar-refractivity contribution in [1.29, 1.82) is 0 Å². The first-order valence-electron chi connectivity index (χ1n) is 4.98. The Labute approximate surface area is 105 Å². The lowest BCUT2D eigenvalue weighted by Gasteiger charge is -2.06. The fourth-order valence-corrected chi connectivity index (χ4v) is 1.79. The summed E-state index contributed by atoms with van der Waals surface area (Å²) in [5.41, 5.74) is 0.982. The van der Waals surface area contributed by atoms with Crippen molar-refractivity contribution in [1.82, 2.24) is 10.6 Å². The molecule has 2 N–H and O–H groups in total. The minimum absolute atomic E-state index is 0.0208. The Morgan fingerprint density at radius 3 is 2.75 bits per heavy atom. The number of nitrogens with one attached hydrogen (secondary N) is 2. The second-order valence-corrected chi connectivity index (χ2v) is 4.21. The topological polar surface area (TPSA) is 41.1 Å². The van der Waals surface area contributed by atoms with Gasteiger partial charge < -0.3 is 10.6 Å². The molecule has 16 heavy (non-hydrogen) atoms. The zero-order chi connectivity index (χ0) is 12.0. The van der Waals surface area contributed by atoms with Crippen molar-refractivity contribution in [2.45, 2.75) is 6.42 Å². The molecule has 0 aliphatic heterocycles. The number of benzene rings is 1. The number of rotatable bonds is 5. The van der Waals surface area contributed by atoms with E-state index < -0.39 is 0 Å². The van der Waals surface area contributed by atoms with Crippen LogP contribution in [0.2, 0.25) is 10.0 Å². The van der Waals surface area contributed by atoms with Crippen LogP contribution < -0.4 is 10.6 Å². The maximum absolute atomic E-state index is 11.1. The standard InChI is InChI=1S/C11H14Cl2N2O/c1-14-7-11(16)15-5-4-8-2-3-9(12)6-10(8)13/h2-3,6,14H,4-5,7H2,1H3,(H,15,16). The van der Waals surface area contributed by atoms with Crippen molar-refractivity contribution in [3.05, 3.63) is 33.8 Å². The fraction of sp³-hybridized carbons (Fsp3) is 0.364. The molecule has 0 spiro atoms. The predicted octanol–water partition coefficient (Wildman–Crippen LogP) is 1.87. The highest BCUT2D eigenvalue weighted by molar-refractivity contribution is 6.35. The molecule has 0 fully saturated rings. The van der Waals surface area contributed by atoms with Gasteiger partial charge in [-0.15, -0.1) is 0 Å². The van der Waals surface area contributed by atoms with Gasteiger partial charge in [-0.1, -0.05) is 29.3 Å². The summed E-state index contributed by atoms with van der Waals surface area (Å²) in [6.45, 7) is 0.899. The van der Waals surface area contributed by atoms with Gasteiger partial charge >= 0.3 is 0 Å². The van der Waals surface area contributed by atoms with Gasteiger partial charge in [0.1, 0.15) is 0 Å². The summed E-state index contributed by atoms with van der Waals surface area (Å²) in [6, 6.07) is 5.36. The minimum Gasteiger partial charge on any atom is -0.355 e. The van der Waals surface area contributed by atoms with Crippen LogP contribution in [0.1, 0.15) is 5.56 Å². The van der Waals surface area contributed by atoms with Crippen LogP contribution in [0.5, 0.6) is 0 Å². The lowest BCUT2D eigenvalue weighted by atomic mass is 10.1. The van der Waals surface area contributed by atoms with E-state index in [0.717, 1.165) is 5.56 Å². The molecule has 0 bridgehead atoms. The number of carbonyl (C=O) groups is 1. The lowest BCUT2D eigenvalue weighted by Crippen LogP contribution is -2.33. The molecule has 1 aromatic carbocycles. The van der Waals surface area contributed by atoms with E-state index in [9.17, 15) is 4.79 Å². The highest BCUT2D eigenvalue weighted by atomic mass is 35.5. The van der Waals surface area contributed by atoms with Crippen LogP contribution in [0.15, 0.2) is 18.2 Å². The highest BCUT2D eigenvalue weighted by Gasteiger charge is 2.02. The van der Waals surface area contributed by atoms with Crippen LogP contribution in [-0.2, 0) is 11.2 Å². The molecule has 88 valence electrons. The first-order chi connectivity index (χ1) is 7.63. The maximum atomic E-state index is 11.1. The number of hydrogen-bond acceptors (Lipinski definition) is 2. The molecule has 0 radical (unpaired) electrons. The number of likely N-dealkylation sites (N-methyl/N-ethyl adjacent to an activating group) is 1. The van der Waals surface area contributed by atoms with E-state index in [0.29, 0.717) is 29.6 Å². The number of carbonyl (C=O) groups excluding carboxylic acids is 1. The largest absolute Gasteiger partial charge is 0.355 e. The number of halogens is 2. The van der Waals surface area contributed by atoms with Gasteiger partial charge in [0.05, 0.1) is 6.54 Å². The molecule has 0 aliphatic rings. The Kier molecular flexibility index (Phi) is 5.60. The monoisotopic (exact) mass is 260 g/mol. The minimum atomic E-state index is -0.0208. The SMILES string of the molecule is CNCC(=O)NCCc1ccc(Cl)cc1Cl. The lowest BCUT2D eigenvalue weighted by molar-refractivity contribution is -0.120. The third-order valence-corrected chi connectivity index (χ3v) is 2.66. The molecule has 0 saturated carbocycles. The molecular formula is C11H14Cl2N2O. The van der Waals surface area contributed by atoms with Crippen LogP contribution in [0.25, 0.3) is 0 Å². The van der Waals surface area contributed by atoms with Gasteiger partial charge in [-0.25, -0.2) is 0 Å². The molecule has 0 aliphatic carbocycles. The van der Waals surface area contributed by atoms with Gasteiger partial charge in [-0.3, -0.25) is 4.79 Å². The summed E-state index contributed by atoms with van der Waals surface area (Å²) in [5, 5.41) is 6.81. The van der Waals surface area contributed by atoms with Gasteiger partial charge in [0.15, 0.2) is 0 Å². The van der Waals surface area contributed by atoms with E-state index >= 15 is 0 Å². The van der Waals surface area contributed by atoms with Crippen molar-refractivity contribution in [2.75, 3.05) is 20.1 Å². The zero-order valence-corrected chi connectivity index (χ0v) is 10.5. The van der Waals surface area contributed by atoms with Crippen molar-refractivity contribution >= 4 is 29.1 Å². The van der Waals surface area contributed by atoms with Crippen LogP contribution in [0, 0.1) is 0 Å². The van der Waals surface area contributed by atoms with Crippen molar-refractivity contribution in [2.24, 2.45) is 0 Å². The van der Waals surface area contributed by atoms with E-state index in [1.54, 1.807) is 19.2 Å². The van der Waals surface area contributed by atoms with Gasteiger partial charge in [0, 0.05) is 16.6 Å². The molecule has 5 heteroatoms. The predicted molar refractivity (Wildman–Crippen MR) is 67.1 cm³/mol. The summed E-state index contributed by atoms with van der Waals surface area (Å²) < 4.78 is 0. The summed E-state index contributed by atoms with van der Waals surface area (Å²) in [4.78, 5) is 11.1. The maximum Gasteiger partial charge on any atom is 0.233 e. The first-order valence-corrected chi connectivity index (χ1v) is 5.74.